The van der Waals surface area contributed by atoms with E-state index in [1.807, 2.05) is 0 Å². The predicted molar refractivity (Wildman–Crippen MR) is 83.0 cm³/mol. The lowest BCUT2D eigenvalue weighted by atomic mass is 10.3. The van der Waals surface area contributed by atoms with Crippen molar-refractivity contribution in [1.82, 2.24) is 29.7 Å². The largest absolute Gasteiger partial charge is 0.379 e. The SMILES string of the molecule is O=C(CCn1cnc2c(=O)[nH]cnc21)NCCN1CCOCC1. The molecule has 124 valence electrons. The number of rotatable bonds is 6. The second-order valence-electron chi connectivity index (χ2n) is 5.40. The monoisotopic (exact) mass is 320 g/mol. The van der Waals surface area contributed by atoms with Crippen molar-refractivity contribution in [3.63, 3.8) is 0 Å². The Balaban J connectivity index is 1.45. The summed E-state index contributed by atoms with van der Waals surface area (Å²) in [6.45, 7) is 5.24. The van der Waals surface area contributed by atoms with E-state index in [0.717, 1.165) is 32.8 Å². The molecular formula is C14H20N6O3. The summed E-state index contributed by atoms with van der Waals surface area (Å²) in [5.74, 6) is -0.0232. The zero-order chi connectivity index (χ0) is 16.1. The summed E-state index contributed by atoms with van der Waals surface area (Å²) in [5.41, 5.74) is 0.513. The van der Waals surface area contributed by atoms with Crippen molar-refractivity contribution in [2.24, 2.45) is 0 Å². The number of carbonyl (C=O) groups excluding carboxylic acids is 1. The average molecular weight is 320 g/mol. The standard InChI is InChI=1S/C14H20N6O3/c21-11(15-2-4-19-5-7-23-8-6-19)1-3-20-10-18-12-13(20)16-9-17-14(12)22/h9-10H,1-8H2,(H,15,21)(H,16,17,22). The van der Waals surface area contributed by atoms with Crippen LogP contribution in [0.15, 0.2) is 17.4 Å². The fraction of sp³-hybridized carbons (Fsp3) is 0.571. The van der Waals surface area contributed by atoms with Gasteiger partial charge in [-0.2, -0.15) is 0 Å². The Bertz CT molecular complexity index is 719. The van der Waals surface area contributed by atoms with Gasteiger partial charge in [0.2, 0.25) is 5.91 Å². The Morgan fingerprint density at radius 2 is 2.13 bits per heavy atom. The Morgan fingerprint density at radius 3 is 2.96 bits per heavy atom. The summed E-state index contributed by atoms with van der Waals surface area (Å²) >= 11 is 0. The summed E-state index contributed by atoms with van der Waals surface area (Å²) in [7, 11) is 0. The zero-order valence-electron chi connectivity index (χ0n) is 12.8. The molecule has 9 nitrogen and oxygen atoms in total. The number of aromatic amines is 1. The maximum absolute atomic E-state index is 11.9. The van der Waals surface area contributed by atoms with Crippen LogP contribution in [0.5, 0.6) is 0 Å². The lowest BCUT2D eigenvalue weighted by molar-refractivity contribution is -0.121. The van der Waals surface area contributed by atoms with Gasteiger partial charge in [-0.3, -0.25) is 14.5 Å². The van der Waals surface area contributed by atoms with Crippen LogP contribution in [0.4, 0.5) is 0 Å². The summed E-state index contributed by atoms with van der Waals surface area (Å²) in [5, 5.41) is 2.91. The molecule has 1 aliphatic heterocycles. The van der Waals surface area contributed by atoms with E-state index < -0.39 is 0 Å². The highest BCUT2D eigenvalue weighted by molar-refractivity contribution is 5.76. The minimum absolute atomic E-state index is 0.0232. The molecule has 0 aromatic carbocycles. The van der Waals surface area contributed by atoms with Crippen LogP contribution in [-0.4, -0.2) is 69.7 Å². The summed E-state index contributed by atoms with van der Waals surface area (Å²) in [6, 6.07) is 0. The molecule has 23 heavy (non-hydrogen) atoms. The number of nitrogens with zero attached hydrogens (tertiary/aromatic N) is 4. The molecule has 1 amide bonds. The molecule has 2 aromatic heterocycles. The highest BCUT2D eigenvalue weighted by Gasteiger charge is 2.11. The number of fused-ring (bicyclic) bond motifs is 1. The van der Waals surface area contributed by atoms with Crippen LogP contribution in [0.1, 0.15) is 6.42 Å². The topological polar surface area (TPSA) is 105 Å². The van der Waals surface area contributed by atoms with Gasteiger partial charge < -0.3 is 19.6 Å². The van der Waals surface area contributed by atoms with Gasteiger partial charge in [0.1, 0.15) is 0 Å². The summed E-state index contributed by atoms with van der Waals surface area (Å²) in [6.07, 6.45) is 3.20. The van der Waals surface area contributed by atoms with Gasteiger partial charge >= 0.3 is 0 Å². The molecule has 3 rings (SSSR count). The lowest BCUT2D eigenvalue weighted by Crippen LogP contribution is -2.41. The normalized spacial score (nSPS) is 15.8. The highest BCUT2D eigenvalue weighted by atomic mass is 16.5. The van der Waals surface area contributed by atoms with Crippen LogP contribution < -0.4 is 10.9 Å². The van der Waals surface area contributed by atoms with Gasteiger partial charge in [-0.1, -0.05) is 0 Å². The van der Waals surface area contributed by atoms with Crippen LogP contribution in [0, 0.1) is 0 Å². The molecule has 3 heterocycles. The van der Waals surface area contributed by atoms with Gasteiger partial charge in [0.05, 0.1) is 25.9 Å². The maximum atomic E-state index is 11.9. The minimum atomic E-state index is -0.274. The third kappa shape index (κ3) is 3.93. The van der Waals surface area contributed by atoms with Gasteiger partial charge in [-0.05, 0) is 0 Å². The number of imidazole rings is 1. The number of amides is 1. The van der Waals surface area contributed by atoms with Gasteiger partial charge in [0, 0.05) is 39.1 Å². The molecular weight excluding hydrogens is 300 g/mol. The summed E-state index contributed by atoms with van der Waals surface area (Å²) in [4.78, 5) is 36.3. The van der Waals surface area contributed by atoms with Crippen molar-refractivity contribution in [2.45, 2.75) is 13.0 Å². The Morgan fingerprint density at radius 1 is 1.30 bits per heavy atom. The third-order valence-electron chi connectivity index (χ3n) is 3.84. The minimum Gasteiger partial charge on any atom is -0.379 e. The first kappa shape index (κ1) is 15.6. The van der Waals surface area contributed by atoms with Gasteiger partial charge in [-0.25, -0.2) is 9.97 Å². The van der Waals surface area contributed by atoms with E-state index in [2.05, 4.69) is 25.2 Å². The van der Waals surface area contributed by atoms with Crippen molar-refractivity contribution >= 4 is 17.1 Å². The van der Waals surface area contributed by atoms with Crippen molar-refractivity contribution in [1.29, 1.82) is 0 Å². The van der Waals surface area contributed by atoms with E-state index in [1.54, 1.807) is 4.57 Å². The van der Waals surface area contributed by atoms with Crippen LogP contribution in [0.25, 0.3) is 11.2 Å². The molecule has 9 heteroatoms. The van der Waals surface area contributed by atoms with Crippen molar-refractivity contribution < 1.29 is 9.53 Å². The maximum Gasteiger partial charge on any atom is 0.278 e. The molecule has 0 radical (unpaired) electrons. The van der Waals surface area contributed by atoms with E-state index in [9.17, 15) is 9.59 Å². The molecule has 1 fully saturated rings. The van der Waals surface area contributed by atoms with Gasteiger partial charge in [0.25, 0.3) is 5.56 Å². The second kappa shape index (κ2) is 7.34. The number of ether oxygens (including phenoxy) is 1. The first-order valence-corrected chi connectivity index (χ1v) is 7.69. The molecule has 0 aliphatic carbocycles. The van der Waals surface area contributed by atoms with Gasteiger partial charge in [-0.15, -0.1) is 0 Å². The van der Waals surface area contributed by atoms with E-state index in [1.165, 1.54) is 12.7 Å². The smallest absolute Gasteiger partial charge is 0.278 e. The second-order valence-corrected chi connectivity index (χ2v) is 5.40. The summed E-state index contributed by atoms with van der Waals surface area (Å²) < 4.78 is 7.00. The quantitative estimate of drug-likeness (QED) is 0.704. The van der Waals surface area contributed by atoms with E-state index >= 15 is 0 Å². The van der Waals surface area contributed by atoms with Crippen LogP contribution in [0.2, 0.25) is 0 Å². The number of carbonyl (C=O) groups is 1. The number of nitrogens with one attached hydrogen (secondary N) is 2. The van der Waals surface area contributed by atoms with Crippen LogP contribution in [-0.2, 0) is 16.1 Å². The van der Waals surface area contributed by atoms with Crippen LogP contribution in [0.3, 0.4) is 0 Å². The Kier molecular flexibility index (Phi) is 4.99. The van der Waals surface area contributed by atoms with Crippen molar-refractivity contribution in [2.75, 3.05) is 39.4 Å². The zero-order valence-corrected chi connectivity index (χ0v) is 12.8. The number of H-pyrrole nitrogens is 1. The van der Waals surface area contributed by atoms with Gasteiger partial charge in [0.15, 0.2) is 11.2 Å². The highest BCUT2D eigenvalue weighted by Crippen LogP contribution is 2.04. The molecule has 1 aliphatic rings. The number of aryl methyl sites for hydroxylation is 1. The molecule has 0 unspecified atom stereocenters. The molecule has 0 atom stereocenters. The number of hydrogen-bond acceptors (Lipinski definition) is 6. The van der Waals surface area contributed by atoms with E-state index in [0.29, 0.717) is 30.7 Å². The van der Waals surface area contributed by atoms with E-state index in [-0.39, 0.29) is 11.5 Å². The fourth-order valence-corrected chi connectivity index (χ4v) is 2.54. The average Bonchev–Trinajstić information content (AvgIpc) is 2.98. The van der Waals surface area contributed by atoms with Crippen molar-refractivity contribution in [3.8, 4) is 0 Å². The molecule has 2 aromatic rings. The molecule has 0 bridgehead atoms. The van der Waals surface area contributed by atoms with Crippen molar-refractivity contribution in [3.05, 3.63) is 23.0 Å². The lowest BCUT2D eigenvalue weighted by Gasteiger charge is -2.26. The first-order valence-electron chi connectivity index (χ1n) is 7.69. The fourth-order valence-electron chi connectivity index (χ4n) is 2.54. The Hall–Kier alpha value is -2.26. The first-order chi connectivity index (χ1) is 11.2. The molecule has 0 saturated carbocycles. The van der Waals surface area contributed by atoms with E-state index in [4.69, 9.17) is 4.74 Å². The van der Waals surface area contributed by atoms with Crippen LogP contribution >= 0.6 is 0 Å². The number of hydrogen-bond donors (Lipinski definition) is 2. The molecule has 1 saturated heterocycles. The molecule has 0 spiro atoms. The Labute approximate surface area is 132 Å². The number of morpholine rings is 1. The molecule has 2 N–H and O–H groups in total. The third-order valence-corrected chi connectivity index (χ3v) is 3.84. The number of aromatic nitrogens is 4. The predicted octanol–water partition coefficient (Wildman–Crippen LogP) is -1.04.